The van der Waals surface area contributed by atoms with Crippen LogP contribution in [0.25, 0.3) is 11.0 Å². The predicted octanol–water partition coefficient (Wildman–Crippen LogP) is 3.96. The largest absolute Gasteiger partial charge is 0.459 e. The molecule has 2 heterocycles. The monoisotopic (exact) mass is 273 g/mol. The lowest BCUT2D eigenvalue weighted by Crippen LogP contribution is -2.31. The summed E-state index contributed by atoms with van der Waals surface area (Å²) in [6.45, 7) is 7.29. The second kappa shape index (κ2) is 5.58. The minimum Gasteiger partial charge on any atom is -0.459 e. The number of benzene rings is 1. The summed E-state index contributed by atoms with van der Waals surface area (Å²) in [4.78, 5) is 0. The summed E-state index contributed by atoms with van der Waals surface area (Å²) >= 11 is 0. The van der Waals surface area contributed by atoms with E-state index in [9.17, 15) is 0 Å². The van der Waals surface area contributed by atoms with E-state index in [1.165, 1.54) is 10.9 Å². The van der Waals surface area contributed by atoms with Crippen molar-refractivity contribution in [3.05, 3.63) is 35.6 Å². The lowest BCUT2D eigenvalue weighted by molar-refractivity contribution is 0.0275. The van der Waals surface area contributed by atoms with E-state index in [4.69, 9.17) is 9.15 Å². The molecule has 0 amide bonds. The maximum Gasteiger partial charge on any atom is 0.134 e. The summed E-state index contributed by atoms with van der Waals surface area (Å²) in [5.41, 5.74) is 2.22. The van der Waals surface area contributed by atoms with Crippen LogP contribution >= 0.6 is 0 Å². The van der Waals surface area contributed by atoms with Gasteiger partial charge in [0.2, 0.25) is 0 Å². The molecule has 3 heteroatoms. The third-order valence-electron chi connectivity index (χ3n) is 4.06. The van der Waals surface area contributed by atoms with Gasteiger partial charge in [0.25, 0.3) is 0 Å². The van der Waals surface area contributed by atoms with Crippen molar-refractivity contribution in [2.75, 3.05) is 6.54 Å². The van der Waals surface area contributed by atoms with E-state index in [1.54, 1.807) is 0 Å². The smallest absolute Gasteiger partial charge is 0.134 e. The zero-order valence-corrected chi connectivity index (χ0v) is 12.5. The molecule has 1 fully saturated rings. The van der Waals surface area contributed by atoms with Gasteiger partial charge in [0.1, 0.15) is 11.3 Å². The fourth-order valence-electron chi connectivity index (χ4n) is 3.05. The van der Waals surface area contributed by atoms with Crippen molar-refractivity contribution in [3.8, 4) is 0 Å². The van der Waals surface area contributed by atoms with Crippen LogP contribution in [0.2, 0.25) is 0 Å². The maximum absolute atomic E-state index is 6.04. The van der Waals surface area contributed by atoms with Gasteiger partial charge in [-0.2, -0.15) is 0 Å². The molecule has 20 heavy (non-hydrogen) atoms. The normalized spacial score (nSPS) is 24.4. The summed E-state index contributed by atoms with van der Waals surface area (Å²) in [6.07, 6.45) is 2.79. The number of hydrogen-bond donors (Lipinski definition) is 1. The van der Waals surface area contributed by atoms with Crippen molar-refractivity contribution in [1.82, 2.24) is 5.32 Å². The molecular formula is C17H23NO2. The quantitative estimate of drug-likeness (QED) is 0.915. The Morgan fingerprint density at radius 1 is 1.30 bits per heavy atom. The minimum absolute atomic E-state index is 0.151. The highest BCUT2D eigenvalue weighted by Crippen LogP contribution is 2.33. The Hall–Kier alpha value is -1.32. The van der Waals surface area contributed by atoms with E-state index in [1.807, 2.05) is 0 Å². The molecule has 0 saturated carbocycles. The van der Waals surface area contributed by atoms with Gasteiger partial charge in [0.05, 0.1) is 18.2 Å². The molecule has 1 aromatic carbocycles. The van der Waals surface area contributed by atoms with Gasteiger partial charge >= 0.3 is 0 Å². The molecule has 0 bridgehead atoms. The summed E-state index contributed by atoms with van der Waals surface area (Å²) in [5, 5.41) is 4.69. The van der Waals surface area contributed by atoms with Crippen molar-refractivity contribution >= 4 is 11.0 Å². The van der Waals surface area contributed by atoms with Crippen molar-refractivity contribution in [2.45, 2.75) is 51.9 Å². The Morgan fingerprint density at radius 2 is 2.15 bits per heavy atom. The van der Waals surface area contributed by atoms with Crippen LogP contribution in [0.4, 0.5) is 0 Å². The van der Waals surface area contributed by atoms with E-state index in [0.29, 0.717) is 6.10 Å². The SMILES string of the molecule is CCNC(c1cc2cc(C)ccc2o1)C1CCC(C)O1. The molecule has 3 rings (SSSR count). The molecular weight excluding hydrogens is 250 g/mol. The molecule has 3 unspecified atom stereocenters. The van der Waals surface area contributed by atoms with Gasteiger partial charge in [0, 0.05) is 5.39 Å². The second-order valence-electron chi connectivity index (χ2n) is 5.79. The van der Waals surface area contributed by atoms with Crippen molar-refractivity contribution in [2.24, 2.45) is 0 Å². The Bertz CT molecular complexity index is 590. The lowest BCUT2D eigenvalue weighted by atomic mass is 10.0. The molecule has 1 saturated heterocycles. The summed E-state index contributed by atoms with van der Waals surface area (Å²) in [7, 11) is 0. The number of hydrogen-bond acceptors (Lipinski definition) is 3. The zero-order valence-electron chi connectivity index (χ0n) is 12.5. The Morgan fingerprint density at radius 3 is 2.85 bits per heavy atom. The second-order valence-corrected chi connectivity index (χ2v) is 5.79. The standard InChI is InChI=1S/C17H23NO2/c1-4-18-17(15-8-6-12(3)19-15)16-10-13-9-11(2)5-7-14(13)20-16/h5,7,9-10,12,15,17-18H,4,6,8H2,1-3H3. The van der Waals surface area contributed by atoms with Crippen LogP contribution < -0.4 is 5.32 Å². The fraction of sp³-hybridized carbons (Fsp3) is 0.529. The average Bonchev–Trinajstić information content (AvgIpc) is 3.01. The van der Waals surface area contributed by atoms with Crippen LogP contribution in [0.15, 0.2) is 28.7 Å². The molecule has 1 aromatic heterocycles. The molecule has 0 radical (unpaired) electrons. The molecule has 1 aliphatic heterocycles. The molecule has 0 aliphatic carbocycles. The molecule has 0 spiro atoms. The number of likely N-dealkylation sites (N-methyl/N-ethyl adjacent to an activating group) is 1. The van der Waals surface area contributed by atoms with Gasteiger partial charge in [-0.1, -0.05) is 18.6 Å². The molecule has 1 aliphatic rings. The number of rotatable bonds is 4. The van der Waals surface area contributed by atoms with Gasteiger partial charge in [-0.05, 0) is 51.4 Å². The highest BCUT2D eigenvalue weighted by atomic mass is 16.5. The number of nitrogens with one attached hydrogen (secondary N) is 1. The summed E-state index contributed by atoms with van der Waals surface area (Å²) in [6, 6.07) is 8.62. The number of aryl methyl sites for hydroxylation is 1. The highest BCUT2D eigenvalue weighted by Gasteiger charge is 2.32. The zero-order chi connectivity index (χ0) is 14.1. The first-order valence-electron chi connectivity index (χ1n) is 7.56. The third-order valence-corrected chi connectivity index (χ3v) is 4.06. The summed E-state index contributed by atoms with van der Waals surface area (Å²) < 4.78 is 12.1. The molecule has 1 N–H and O–H groups in total. The molecule has 2 aromatic rings. The van der Waals surface area contributed by atoms with Gasteiger partial charge < -0.3 is 14.5 Å². The first kappa shape index (κ1) is 13.7. The molecule has 3 nitrogen and oxygen atoms in total. The predicted molar refractivity (Wildman–Crippen MR) is 80.9 cm³/mol. The van der Waals surface area contributed by atoms with Gasteiger partial charge in [-0.25, -0.2) is 0 Å². The van der Waals surface area contributed by atoms with Crippen LogP contribution in [0.3, 0.4) is 0 Å². The maximum atomic E-state index is 6.04. The highest BCUT2D eigenvalue weighted by molar-refractivity contribution is 5.78. The van der Waals surface area contributed by atoms with Crippen LogP contribution in [-0.4, -0.2) is 18.8 Å². The first-order chi connectivity index (χ1) is 9.67. The van der Waals surface area contributed by atoms with E-state index >= 15 is 0 Å². The van der Waals surface area contributed by atoms with Crippen LogP contribution in [0, 0.1) is 6.92 Å². The number of fused-ring (bicyclic) bond motifs is 1. The number of furan rings is 1. The average molecular weight is 273 g/mol. The van der Waals surface area contributed by atoms with Crippen molar-refractivity contribution in [1.29, 1.82) is 0 Å². The van der Waals surface area contributed by atoms with Gasteiger partial charge in [0.15, 0.2) is 0 Å². The van der Waals surface area contributed by atoms with Crippen LogP contribution in [0.1, 0.15) is 44.1 Å². The Labute approximate surface area is 120 Å². The third kappa shape index (κ3) is 2.60. The summed E-state index contributed by atoms with van der Waals surface area (Å²) in [5.74, 6) is 0.992. The van der Waals surface area contributed by atoms with E-state index in [2.05, 4.69) is 50.4 Å². The van der Waals surface area contributed by atoms with E-state index < -0.39 is 0 Å². The van der Waals surface area contributed by atoms with E-state index in [0.717, 1.165) is 30.7 Å². The lowest BCUT2D eigenvalue weighted by Gasteiger charge is -2.22. The minimum atomic E-state index is 0.151. The molecule has 108 valence electrons. The van der Waals surface area contributed by atoms with E-state index in [-0.39, 0.29) is 12.1 Å². The Kier molecular flexibility index (Phi) is 3.81. The number of ether oxygens (including phenoxy) is 1. The van der Waals surface area contributed by atoms with Crippen molar-refractivity contribution < 1.29 is 9.15 Å². The molecule has 3 atom stereocenters. The van der Waals surface area contributed by atoms with Gasteiger partial charge in [-0.15, -0.1) is 0 Å². The fourth-order valence-corrected chi connectivity index (χ4v) is 3.05. The van der Waals surface area contributed by atoms with Crippen molar-refractivity contribution in [3.63, 3.8) is 0 Å². The van der Waals surface area contributed by atoms with Gasteiger partial charge in [-0.3, -0.25) is 0 Å². The first-order valence-corrected chi connectivity index (χ1v) is 7.56. The Balaban J connectivity index is 1.92. The topological polar surface area (TPSA) is 34.4 Å². The van der Waals surface area contributed by atoms with Crippen LogP contribution in [0.5, 0.6) is 0 Å². The van der Waals surface area contributed by atoms with Crippen LogP contribution in [-0.2, 0) is 4.74 Å².